The van der Waals surface area contributed by atoms with E-state index in [9.17, 15) is 0 Å². The minimum absolute atomic E-state index is 0.468. The molecule has 0 aromatic heterocycles. The number of piperidine rings is 3. The maximum Gasteiger partial charge on any atom is 0.173 e. The first-order chi connectivity index (χ1) is 14.8. The fourth-order valence-electron chi connectivity index (χ4n) is 6.52. The highest BCUT2D eigenvalue weighted by atomic mass is 32.1. The summed E-state index contributed by atoms with van der Waals surface area (Å²) in [6.45, 7) is 4.79. The smallest absolute Gasteiger partial charge is 0.173 e. The van der Waals surface area contributed by atoms with Crippen LogP contribution in [0.15, 0.2) is 29.8 Å². The summed E-state index contributed by atoms with van der Waals surface area (Å²) in [5, 5.41) is 4.35. The second-order valence-electron chi connectivity index (χ2n) is 9.49. The molecule has 0 unspecified atom stereocenters. The van der Waals surface area contributed by atoms with Gasteiger partial charge in [-0.1, -0.05) is 18.1 Å². The number of anilines is 1. The lowest BCUT2D eigenvalue weighted by Gasteiger charge is -2.55. The molecule has 30 heavy (non-hydrogen) atoms. The number of benzene rings is 1. The van der Waals surface area contributed by atoms with Gasteiger partial charge in [0.15, 0.2) is 16.6 Å². The normalized spacial score (nSPS) is 32.5. The molecule has 6 rings (SSSR count). The number of nitrogens with zero attached hydrogens (tertiary/aromatic N) is 2. The Morgan fingerprint density at radius 3 is 2.90 bits per heavy atom. The Kier molecular flexibility index (Phi) is 4.87. The standard InChI is InChI=1S/C24H31N3O2S/c30-24(25-19-6-7-21-22(14-19)29-11-10-28-21)27-9-3-4-16-12-17-13-18(23(16)27)15-26-8-2-1-5-20(17)26/h6-7,12,14,17-18,20,23H,1-5,8-11,13,15H2,(H,25,30)/t17-,18-,20-,23-/m1/s1. The predicted octanol–water partition coefficient (Wildman–Crippen LogP) is 4.05. The molecule has 4 aliphatic heterocycles. The van der Waals surface area contributed by atoms with Crippen LogP contribution < -0.4 is 14.8 Å². The molecule has 0 spiro atoms. The van der Waals surface area contributed by atoms with Gasteiger partial charge < -0.3 is 19.7 Å². The fraction of sp³-hybridized carbons (Fsp3) is 0.625. The van der Waals surface area contributed by atoms with Gasteiger partial charge >= 0.3 is 0 Å². The van der Waals surface area contributed by atoms with Crippen molar-refractivity contribution in [1.82, 2.24) is 9.80 Å². The van der Waals surface area contributed by atoms with E-state index in [1.165, 1.54) is 51.6 Å². The van der Waals surface area contributed by atoms with Crippen LogP contribution in [0.1, 0.15) is 38.5 Å². The van der Waals surface area contributed by atoms with Gasteiger partial charge in [0.1, 0.15) is 13.2 Å². The molecule has 5 aliphatic rings. The molecular formula is C24H31N3O2S. The van der Waals surface area contributed by atoms with E-state index in [4.69, 9.17) is 21.7 Å². The second kappa shape index (κ2) is 7.72. The van der Waals surface area contributed by atoms with Crippen molar-refractivity contribution in [3.63, 3.8) is 0 Å². The number of ether oxygens (including phenoxy) is 2. The molecule has 4 atom stereocenters. The molecule has 1 aromatic carbocycles. The third-order valence-corrected chi connectivity index (χ3v) is 8.05. The molecule has 0 radical (unpaired) electrons. The van der Waals surface area contributed by atoms with Gasteiger partial charge in [0.25, 0.3) is 0 Å². The first kappa shape index (κ1) is 18.9. The van der Waals surface area contributed by atoms with Crippen molar-refractivity contribution < 1.29 is 9.47 Å². The Morgan fingerprint density at radius 2 is 1.97 bits per heavy atom. The highest BCUT2D eigenvalue weighted by Crippen LogP contribution is 2.45. The fourth-order valence-corrected chi connectivity index (χ4v) is 6.84. The average Bonchev–Trinajstić information content (AvgIpc) is 2.78. The van der Waals surface area contributed by atoms with Crippen LogP contribution in [-0.2, 0) is 0 Å². The van der Waals surface area contributed by atoms with Crippen LogP contribution in [0.25, 0.3) is 0 Å². The quantitative estimate of drug-likeness (QED) is 0.540. The number of nitrogens with one attached hydrogen (secondary N) is 1. The van der Waals surface area contributed by atoms with E-state index in [0.29, 0.717) is 25.2 Å². The predicted molar refractivity (Wildman–Crippen MR) is 122 cm³/mol. The zero-order valence-electron chi connectivity index (χ0n) is 17.5. The van der Waals surface area contributed by atoms with Gasteiger partial charge in [0, 0.05) is 30.9 Å². The van der Waals surface area contributed by atoms with Crippen molar-refractivity contribution in [2.75, 3.05) is 38.2 Å². The maximum absolute atomic E-state index is 5.94. The van der Waals surface area contributed by atoms with E-state index in [0.717, 1.165) is 40.8 Å². The van der Waals surface area contributed by atoms with Gasteiger partial charge in [-0.15, -0.1) is 0 Å². The van der Waals surface area contributed by atoms with Gasteiger partial charge in [-0.25, -0.2) is 0 Å². The number of hydrogen-bond donors (Lipinski definition) is 1. The highest BCUT2D eigenvalue weighted by Gasteiger charge is 2.46. The first-order valence-electron chi connectivity index (χ1n) is 11.7. The highest BCUT2D eigenvalue weighted by molar-refractivity contribution is 7.80. The van der Waals surface area contributed by atoms with Crippen molar-refractivity contribution in [1.29, 1.82) is 0 Å². The largest absolute Gasteiger partial charge is 0.486 e. The Hall–Kier alpha value is -1.79. The SMILES string of the molecule is S=C(Nc1ccc2c(c1)OCCO2)N1CCCC2=C[C@@H]3C[C@H](CN4CCCC[C@H]34)[C@@H]21. The molecule has 0 amide bonds. The molecule has 1 aliphatic carbocycles. The van der Waals surface area contributed by atoms with Crippen LogP contribution in [0.5, 0.6) is 11.5 Å². The minimum atomic E-state index is 0.468. The van der Waals surface area contributed by atoms with Crippen molar-refractivity contribution in [3.8, 4) is 11.5 Å². The molecular weight excluding hydrogens is 394 g/mol. The van der Waals surface area contributed by atoms with Crippen LogP contribution in [-0.4, -0.2) is 59.8 Å². The summed E-state index contributed by atoms with van der Waals surface area (Å²) in [7, 11) is 0. The molecule has 1 aromatic rings. The second-order valence-corrected chi connectivity index (χ2v) is 9.88. The summed E-state index contributed by atoms with van der Waals surface area (Å²) in [5.41, 5.74) is 2.63. The molecule has 3 saturated heterocycles. The summed E-state index contributed by atoms with van der Waals surface area (Å²) in [6.07, 6.45) is 10.6. The summed E-state index contributed by atoms with van der Waals surface area (Å²) >= 11 is 5.94. The molecule has 160 valence electrons. The molecule has 2 bridgehead atoms. The molecule has 4 heterocycles. The summed E-state index contributed by atoms with van der Waals surface area (Å²) in [6, 6.07) is 7.29. The Balaban J connectivity index is 1.23. The van der Waals surface area contributed by atoms with Crippen LogP contribution in [0.4, 0.5) is 5.69 Å². The van der Waals surface area contributed by atoms with Gasteiger partial charge in [0.05, 0.1) is 6.04 Å². The van der Waals surface area contributed by atoms with Crippen molar-refractivity contribution >= 4 is 23.0 Å². The number of thiocarbonyl (C=S) groups is 1. The summed E-state index contributed by atoms with van der Waals surface area (Å²) in [5.74, 6) is 3.08. The van der Waals surface area contributed by atoms with Crippen molar-refractivity contribution in [2.24, 2.45) is 11.8 Å². The van der Waals surface area contributed by atoms with E-state index < -0.39 is 0 Å². The zero-order valence-corrected chi connectivity index (χ0v) is 18.3. The Morgan fingerprint density at radius 1 is 1.07 bits per heavy atom. The zero-order chi connectivity index (χ0) is 20.1. The Bertz CT molecular complexity index is 872. The monoisotopic (exact) mass is 425 g/mol. The molecule has 0 saturated carbocycles. The van der Waals surface area contributed by atoms with Gasteiger partial charge in [-0.05, 0) is 74.8 Å². The number of hydrogen-bond acceptors (Lipinski definition) is 4. The number of rotatable bonds is 1. The maximum atomic E-state index is 5.94. The van der Waals surface area contributed by atoms with E-state index >= 15 is 0 Å². The summed E-state index contributed by atoms with van der Waals surface area (Å²) < 4.78 is 11.4. The summed E-state index contributed by atoms with van der Waals surface area (Å²) in [4.78, 5) is 5.27. The lowest BCUT2D eigenvalue weighted by atomic mass is 9.68. The molecule has 6 heteroatoms. The van der Waals surface area contributed by atoms with Gasteiger partial charge in [0.2, 0.25) is 0 Å². The number of fused-ring (bicyclic) bond motifs is 7. The third-order valence-electron chi connectivity index (χ3n) is 7.71. The lowest BCUT2D eigenvalue weighted by molar-refractivity contribution is 0.0132. The first-order valence-corrected chi connectivity index (χ1v) is 12.1. The third kappa shape index (κ3) is 3.28. The van der Waals surface area contributed by atoms with Gasteiger partial charge in [-0.3, -0.25) is 4.90 Å². The van der Waals surface area contributed by atoms with E-state index in [-0.39, 0.29) is 0 Å². The Labute approximate surface area is 184 Å². The topological polar surface area (TPSA) is 37.0 Å². The van der Waals surface area contributed by atoms with E-state index in [1.54, 1.807) is 5.57 Å². The van der Waals surface area contributed by atoms with E-state index in [2.05, 4.69) is 21.2 Å². The molecule has 3 fully saturated rings. The van der Waals surface area contributed by atoms with Crippen molar-refractivity contribution in [3.05, 3.63) is 29.8 Å². The molecule has 1 N–H and O–H groups in total. The van der Waals surface area contributed by atoms with Gasteiger partial charge in [-0.2, -0.15) is 0 Å². The van der Waals surface area contributed by atoms with Crippen molar-refractivity contribution in [2.45, 2.75) is 50.6 Å². The minimum Gasteiger partial charge on any atom is -0.486 e. The lowest BCUT2D eigenvalue weighted by Crippen LogP contribution is -2.60. The van der Waals surface area contributed by atoms with Crippen LogP contribution >= 0.6 is 12.2 Å². The van der Waals surface area contributed by atoms with Crippen LogP contribution in [0.3, 0.4) is 0 Å². The van der Waals surface area contributed by atoms with E-state index in [1.807, 2.05) is 18.2 Å². The number of likely N-dealkylation sites (tertiary alicyclic amines) is 1. The van der Waals surface area contributed by atoms with Crippen LogP contribution in [0.2, 0.25) is 0 Å². The molecule has 5 nitrogen and oxygen atoms in total. The van der Waals surface area contributed by atoms with Crippen LogP contribution in [0, 0.1) is 11.8 Å². The average molecular weight is 426 g/mol.